The van der Waals surface area contributed by atoms with E-state index in [1.807, 2.05) is 25.1 Å². The first-order chi connectivity index (χ1) is 9.86. The number of aryl methyl sites for hydroxylation is 1. The molecule has 0 spiro atoms. The van der Waals surface area contributed by atoms with Crippen molar-refractivity contribution in [1.82, 2.24) is 9.80 Å². The lowest BCUT2D eigenvalue weighted by molar-refractivity contribution is -0.117. The predicted octanol–water partition coefficient (Wildman–Crippen LogP) is 1.40. The highest BCUT2D eigenvalue weighted by atomic mass is 16.2. The average Bonchev–Trinajstić information content (AvgIpc) is 2.74. The Morgan fingerprint density at radius 2 is 2.14 bits per heavy atom. The Morgan fingerprint density at radius 1 is 1.43 bits per heavy atom. The van der Waals surface area contributed by atoms with Crippen LogP contribution in [0.1, 0.15) is 12.5 Å². The fourth-order valence-corrected chi connectivity index (χ4v) is 3.02. The second-order valence-electron chi connectivity index (χ2n) is 6.32. The second kappa shape index (κ2) is 6.45. The minimum absolute atomic E-state index is 0.0234. The zero-order valence-corrected chi connectivity index (χ0v) is 13.4. The highest BCUT2D eigenvalue weighted by molar-refractivity contribution is 5.93. The van der Waals surface area contributed by atoms with Crippen molar-refractivity contribution in [1.29, 1.82) is 0 Å². The Morgan fingerprint density at radius 3 is 2.76 bits per heavy atom. The molecule has 0 aromatic heterocycles. The highest BCUT2D eigenvalue weighted by Gasteiger charge is 2.31. The number of hydrogen-bond acceptors (Lipinski definition) is 4. The number of rotatable bonds is 4. The third-order valence-electron chi connectivity index (χ3n) is 4.21. The zero-order valence-electron chi connectivity index (χ0n) is 13.4. The lowest BCUT2D eigenvalue weighted by atomic mass is 10.1. The summed E-state index contributed by atoms with van der Waals surface area (Å²) in [6.45, 7) is 6.55. The summed E-state index contributed by atoms with van der Waals surface area (Å²) in [5.74, 6) is 0.609. The number of benzene rings is 1. The van der Waals surface area contributed by atoms with Crippen LogP contribution in [-0.2, 0) is 4.79 Å². The van der Waals surface area contributed by atoms with Crippen molar-refractivity contribution in [2.45, 2.75) is 19.9 Å². The molecule has 21 heavy (non-hydrogen) atoms. The maximum Gasteiger partial charge on any atom is 0.238 e. The quantitative estimate of drug-likeness (QED) is 0.823. The van der Waals surface area contributed by atoms with Crippen molar-refractivity contribution in [3.8, 4) is 0 Å². The van der Waals surface area contributed by atoms with Crippen molar-refractivity contribution in [2.75, 3.05) is 44.8 Å². The number of nitrogens with zero attached hydrogens (tertiary/aromatic N) is 2. The van der Waals surface area contributed by atoms with Gasteiger partial charge in [0, 0.05) is 30.5 Å². The summed E-state index contributed by atoms with van der Waals surface area (Å²) in [5, 5.41) is 2.96. The van der Waals surface area contributed by atoms with E-state index in [0.29, 0.717) is 24.2 Å². The number of likely N-dealkylation sites (N-methyl/N-ethyl adjacent to an activating group) is 1. The van der Waals surface area contributed by atoms with Gasteiger partial charge < -0.3 is 16.0 Å². The predicted molar refractivity (Wildman–Crippen MR) is 87.3 cm³/mol. The number of carbonyl (C=O) groups is 1. The van der Waals surface area contributed by atoms with Crippen LogP contribution in [0.4, 0.5) is 11.4 Å². The first kappa shape index (κ1) is 15.8. The van der Waals surface area contributed by atoms with E-state index in [1.54, 1.807) is 0 Å². The maximum absolute atomic E-state index is 12.2. The summed E-state index contributed by atoms with van der Waals surface area (Å²) < 4.78 is 0. The van der Waals surface area contributed by atoms with Crippen LogP contribution in [0.25, 0.3) is 0 Å². The van der Waals surface area contributed by atoms with Gasteiger partial charge in [-0.1, -0.05) is 13.0 Å². The van der Waals surface area contributed by atoms with Crippen LogP contribution in [0.3, 0.4) is 0 Å². The topological polar surface area (TPSA) is 61.6 Å². The summed E-state index contributed by atoms with van der Waals surface area (Å²) in [6.07, 6.45) is 0. The molecule has 1 aromatic rings. The molecule has 5 heteroatoms. The van der Waals surface area contributed by atoms with Crippen LogP contribution in [0.2, 0.25) is 0 Å². The van der Waals surface area contributed by atoms with Crippen molar-refractivity contribution in [3.63, 3.8) is 0 Å². The van der Waals surface area contributed by atoms with Crippen LogP contribution in [0, 0.1) is 12.8 Å². The van der Waals surface area contributed by atoms with Gasteiger partial charge in [-0.2, -0.15) is 0 Å². The van der Waals surface area contributed by atoms with E-state index >= 15 is 0 Å². The number of anilines is 2. The molecule has 1 heterocycles. The summed E-state index contributed by atoms with van der Waals surface area (Å²) >= 11 is 0. The van der Waals surface area contributed by atoms with Crippen molar-refractivity contribution in [3.05, 3.63) is 23.8 Å². The minimum atomic E-state index is 0.0234. The molecule has 116 valence electrons. The molecular weight excluding hydrogens is 264 g/mol. The molecule has 2 unspecified atom stereocenters. The molecule has 1 aliphatic heterocycles. The van der Waals surface area contributed by atoms with Crippen LogP contribution in [0.5, 0.6) is 0 Å². The molecule has 0 bridgehead atoms. The highest BCUT2D eigenvalue weighted by Crippen LogP contribution is 2.21. The first-order valence-corrected chi connectivity index (χ1v) is 7.41. The first-order valence-electron chi connectivity index (χ1n) is 7.41. The lowest BCUT2D eigenvalue weighted by Crippen LogP contribution is -2.36. The van der Waals surface area contributed by atoms with E-state index < -0.39 is 0 Å². The summed E-state index contributed by atoms with van der Waals surface area (Å²) in [6, 6.07) is 6.09. The summed E-state index contributed by atoms with van der Waals surface area (Å²) in [4.78, 5) is 16.7. The average molecular weight is 290 g/mol. The van der Waals surface area contributed by atoms with Gasteiger partial charge in [0.15, 0.2) is 0 Å². The molecule has 1 aliphatic rings. The molecule has 0 radical (unpaired) electrons. The number of hydrogen-bond donors (Lipinski definition) is 2. The Hall–Kier alpha value is -1.59. The Balaban J connectivity index is 1.92. The number of likely N-dealkylation sites (tertiary alicyclic amines) is 1. The number of nitrogens with one attached hydrogen (secondary N) is 1. The number of carbonyl (C=O) groups excluding carboxylic acids is 1. The monoisotopic (exact) mass is 290 g/mol. The molecular formula is C16H26N4O. The van der Waals surface area contributed by atoms with Gasteiger partial charge in [-0.3, -0.25) is 9.69 Å². The van der Waals surface area contributed by atoms with Gasteiger partial charge in [-0.25, -0.2) is 0 Å². The van der Waals surface area contributed by atoms with E-state index in [0.717, 1.165) is 24.3 Å². The van der Waals surface area contributed by atoms with Crippen molar-refractivity contribution in [2.24, 2.45) is 5.92 Å². The van der Waals surface area contributed by atoms with Gasteiger partial charge in [0.05, 0.1) is 6.54 Å². The van der Waals surface area contributed by atoms with Crippen molar-refractivity contribution >= 4 is 17.3 Å². The standard InChI is InChI=1S/C16H26N4O/c1-11-5-6-13(17)7-14(11)18-16(21)10-20-8-12(2)15(9-20)19(3)4/h5-7,12,15H,8-10,17H2,1-4H3,(H,18,21). The second-order valence-corrected chi connectivity index (χ2v) is 6.32. The number of amides is 1. The smallest absolute Gasteiger partial charge is 0.238 e. The van der Waals surface area contributed by atoms with Crippen molar-refractivity contribution < 1.29 is 4.79 Å². The molecule has 3 N–H and O–H groups in total. The zero-order chi connectivity index (χ0) is 15.6. The molecule has 0 aliphatic carbocycles. The largest absolute Gasteiger partial charge is 0.399 e. The van der Waals surface area contributed by atoms with Gasteiger partial charge in [0.2, 0.25) is 5.91 Å². The third-order valence-corrected chi connectivity index (χ3v) is 4.21. The van der Waals surface area contributed by atoms with E-state index in [-0.39, 0.29) is 5.91 Å². The van der Waals surface area contributed by atoms with Crippen LogP contribution in [-0.4, -0.2) is 55.5 Å². The van der Waals surface area contributed by atoms with Crippen LogP contribution >= 0.6 is 0 Å². The van der Waals surface area contributed by atoms with E-state index in [2.05, 4.69) is 36.1 Å². The van der Waals surface area contributed by atoms with Gasteiger partial charge in [-0.15, -0.1) is 0 Å². The molecule has 2 atom stereocenters. The Bertz CT molecular complexity index is 515. The van der Waals surface area contributed by atoms with Gasteiger partial charge in [0.1, 0.15) is 0 Å². The molecule has 1 fully saturated rings. The molecule has 5 nitrogen and oxygen atoms in total. The van der Waals surface area contributed by atoms with Gasteiger partial charge in [-0.05, 0) is 44.6 Å². The van der Waals surface area contributed by atoms with E-state index in [1.165, 1.54) is 0 Å². The normalized spacial score (nSPS) is 22.7. The van der Waals surface area contributed by atoms with Crippen LogP contribution < -0.4 is 11.1 Å². The fourth-order valence-electron chi connectivity index (χ4n) is 3.02. The lowest BCUT2D eigenvalue weighted by Gasteiger charge is -2.22. The molecule has 1 amide bonds. The fraction of sp³-hybridized carbons (Fsp3) is 0.562. The summed E-state index contributed by atoms with van der Waals surface area (Å²) in [5.41, 5.74) is 8.26. The molecule has 1 saturated heterocycles. The SMILES string of the molecule is Cc1ccc(N)cc1NC(=O)CN1CC(C)C(N(C)C)C1. The van der Waals surface area contributed by atoms with Gasteiger partial charge >= 0.3 is 0 Å². The summed E-state index contributed by atoms with van der Waals surface area (Å²) in [7, 11) is 4.20. The minimum Gasteiger partial charge on any atom is -0.399 e. The maximum atomic E-state index is 12.2. The number of nitrogens with two attached hydrogens (primary N) is 1. The molecule has 0 saturated carbocycles. The molecule has 2 rings (SSSR count). The van der Waals surface area contributed by atoms with E-state index in [4.69, 9.17) is 5.73 Å². The van der Waals surface area contributed by atoms with Crippen LogP contribution in [0.15, 0.2) is 18.2 Å². The number of nitrogen functional groups attached to an aromatic ring is 1. The Kier molecular flexibility index (Phi) is 4.85. The van der Waals surface area contributed by atoms with Gasteiger partial charge in [0.25, 0.3) is 0 Å². The third kappa shape index (κ3) is 3.95. The molecule has 1 aromatic carbocycles. The van der Waals surface area contributed by atoms with E-state index in [9.17, 15) is 4.79 Å². The Labute approximate surface area is 127 Å².